The lowest BCUT2D eigenvalue weighted by Crippen LogP contribution is -2.37. The molecule has 3 rings (SSSR count). The highest BCUT2D eigenvalue weighted by atomic mass is 32.2. The van der Waals surface area contributed by atoms with Crippen molar-refractivity contribution in [1.29, 1.82) is 0 Å². The molecule has 2 N–H and O–H groups in total. The van der Waals surface area contributed by atoms with Gasteiger partial charge in [0.2, 0.25) is 0 Å². The first kappa shape index (κ1) is 25.6. The second-order valence-electron chi connectivity index (χ2n) is 9.31. The number of hydrogen-bond donors (Lipinski definition) is 2. The van der Waals surface area contributed by atoms with E-state index in [0.717, 1.165) is 5.56 Å². The summed E-state index contributed by atoms with van der Waals surface area (Å²) in [5.74, 6) is -0.0547. The summed E-state index contributed by atoms with van der Waals surface area (Å²) in [6.45, 7) is 10.7. The quantitative estimate of drug-likeness (QED) is 0.473. The second kappa shape index (κ2) is 10.1. The van der Waals surface area contributed by atoms with Crippen LogP contribution in [0.2, 0.25) is 0 Å². The molecule has 0 bridgehead atoms. The third kappa shape index (κ3) is 6.30. The van der Waals surface area contributed by atoms with E-state index in [0.29, 0.717) is 29.2 Å². The fourth-order valence-corrected chi connectivity index (χ4v) is 4.29. The van der Waals surface area contributed by atoms with E-state index in [9.17, 15) is 12.8 Å². The molecule has 0 spiro atoms. The lowest BCUT2D eigenvalue weighted by molar-refractivity contribution is 0.167. The number of hydrogen-bond acceptors (Lipinski definition) is 6. The number of sulfonamides is 1. The van der Waals surface area contributed by atoms with Crippen molar-refractivity contribution in [3.63, 3.8) is 0 Å². The Hall–Kier alpha value is -3.04. The van der Waals surface area contributed by atoms with Crippen molar-refractivity contribution in [2.75, 3.05) is 17.1 Å². The highest BCUT2D eigenvalue weighted by molar-refractivity contribution is 7.92. The van der Waals surface area contributed by atoms with Crippen molar-refractivity contribution in [3.05, 3.63) is 76.9 Å². The van der Waals surface area contributed by atoms with Crippen LogP contribution in [0.5, 0.6) is 0 Å². The van der Waals surface area contributed by atoms with Crippen LogP contribution < -0.4 is 10.0 Å². The third-order valence-electron chi connectivity index (χ3n) is 5.69. The number of nitrogens with zero attached hydrogens (tertiary/aromatic N) is 3. The van der Waals surface area contributed by atoms with Gasteiger partial charge in [0.25, 0.3) is 10.0 Å². The van der Waals surface area contributed by atoms with Crippen LogP contribution in [0.15, 0.2) is 53.6 Å². The summed E-state index contributed by atoms with van der Waals surface area (Å²) in [6, 6.07) is 13.2. The maximum Gasteiger partial charge on any atom is 0.280 e. The van der Waals surface area contributed by atoms with Crippen LogP contribution in [0.3, 0.4) is 0 Å². The number of pyridine rings is 2. The van der Waals surface area contributed by atoms with Crippen molar-refractivity contribution in [2.24, 2.45) is 0 Å². The molecule has 0 fully saturated rings. The van der Waals surface area contributed by atoms with Crippen LogP contribution in [-0.2, 0) is 23.1 Å². The van der Waals surface area contributed by atoms with E-state index in [4.69, 9.17) is 0 Å². The molecule has 34 heavy (non-hydrogen) atoms. The number of rotatable bonds is 8. The molecule has 0 aliphatic rings. The van der Waals surface area contributed by atoms with Crippen molar-refractivity contribution < 1.29 is 12.8 Å². The molecule has 0 radical (unpaired) electrons. The van der Waals surface area contributed by atoms with Crippen LogP contribution in [0.1, 0.15) is 43.3 Å². The molecule has 0 aliphatic carbocycles. The average Bonchev–Trinajstić information content (AvgIpc) is 2.73. The first-order valence-electron chi connectivity index (χ1n) is 11.0. The summed E-state index contributed by atoms with van der Waals surface area (Å²) in [6.07, 6.45) is 0. The van der Waals surface area contributed by atoms with Crippen LogP contribution in [0, 0.1) is 19.7 Å². The average molecular weight is 486 g/mol. The number of halogens is 1. The minimum absolute atomic E-state index is 0.0547. The summed E-state index contributed by atoms with van der Waals surface area (Å²) in [7, 11) is -1.88. The Kier molecular flexibility index (Phi) is 7.57. The summed E-state index contributed by atoms with van der Waals surface area (Å²) >= 11 is 0. The van der Waals surface area contributed by atoms with Gasteiger partial charge in [0.15, 0.2) is 5.03 Å². The van der Waals surface area contributed by atoms with Gasteiger partial charge in [0.05, 0.1) is 11.4 Å². The van der Waals surface area contributed by atoms with Crippen LogP contribution >= 0.6 is 0 Å². The van der Waals surface area contributed by atoms with Gasteiger partial charge in [0, 0.05) is 29.9 Å². The Balaban J connectivity index is 1.77. The molecule has 182 valence electrons. The minimum atomic E-state index is -3.89. The van der Waals surface area contributed by atoms with E-state index in [-0.39, 0.29) is 28.7 Å². The first-order chi connectivity index (χ1) is 15.9. The molecule has 9 heteroatoms. The van der Waals surface area contributed by atoms with E-state index in [1.807, 2.05) is 13.1 Å². The summed E-state index contributed by atoms with van der Waals surface area (Å²) in [5, 5.41) is 3.10. The lowest BCUT2D eigenvalue weighted by atomic mass is 10.0. The fraction of sp³-hybridized carbons (Fsp3) is 0.360. The molecule has 3 aromatic rings. The number of nitrogens with one attached hydrogen (secondary N) is 2. The van der Waals surface area contributed by atoms with Gasteiger partial charge >= 0.3 is 0 Å². The molecule has 1 aromatic carbocycles. The first-order valence-corrected chi connectivity index (χ1v) is 12.5. The molecule has 0 aliphatic heterocycles. The Bertz CT molecular complexity index is 1270. The van der Waals surface area contributed by atoms with Crippen molar-refractivity contribution in [2.45, 2.75) is 58.3 Å². The molecule has 0 unspecified atom stereocenters. The van der Waals surface area contributed by atoms with Gasteiger partial charge in [-0.3, -0.25) is 9.62 Å². The Morgan fingerprint density at radius 1 is 1.00 bits per heavy atom. The lowest BCUT2D eigenvalue weighted by Gasteiger charge is -2.32. The summed E-state index contributed by atoms with van der Waals surface area (Å²) in [4.78, 5) is 10.6. The van der Waals surface area contributed by atoms with Crippen molar-refractivity contribution in [3.8, 4) is 0 Å². The van der Waals surface area contributed by atoms with Gasteiger partial charge in [-0.2, -0.15) is 8.42 Å². The normalized spacial score (nSPS) is 12.1. The van der Waals surface area contributed by atoms with Gasteiger partial charge in [-0.15, -0.1) is 0 Å². The number of anilines is 2. The largest absolute Gasteiger partial charge is 0.379 e. The van der Waals surface area contributed by atoms with Gasteiger partial charge in [0.1, 0.15) is 11.6 Å². The summed E-state index contributed by atoms with van der Waals surface area (Å²) in [5.41, 5.74) is 3.23. The van der Waals surface area contributed by atoms with Crippen LogP contribution in [-0.4, -0.2) is 35.9 Å². The molecule has 0 saturated carbocycles. The standard InChI is InChI=1S/C25H32FN5O2S/c1-17-9-7-12-23(28-17)30-34(32,33)24-14-13-22(18(2)29-24)27-15-20-19(10-8-11-21(20)26)16-31(6)25(3,4)5/h7-14,27H,15-16H2,1-6H3,(H,28,30). The molecule has 2 aromatic heterocycles. The maximum absolute atomic E-state index is 14.7. The molecule has 2 heterocycles. The SMILES string of the molecule is Cc1cccc(NS(=O)(=O)c2ccc(NCc3c(F)cccc3CN(C)C(C)(C)C)c(C)n2)n1. The van der Waals surface area contributed by atoms with Gasteiger partial charge in [-0.1, -0.05) is 18.2 Å². The molecule has 0 amide bonds. The van der Waals surface area contributed by atoms with Crippen LogP contribution in [0.25, 0.3) is 0 Å². The van der Waals surface area contributed by atoms with Crippen molar-refractivity contribution >= 4 is 21.5 Å². The highest BCUT2D eigenvalue weighted by Crippen LogP contribution is 2.23. The van der Waals surface area contributed by atoms with Crippen LogP contribution in [0.4, 0.5) is 15.9 Å². The van der Waals surface area contributed by atoms with Crippen molar-refractivity contribution in [1.82, 2.24) is 14.9 Å². The molecule has 7 nitrogen and oxygen atoms in total. The van der Waals surface area contributed by atoms with Gasteiger partial charge in [-0.05, 0) is 77.6 Å². The Morgan fingerprint density at radius 3 is 2.35 bits per heavy atom. The maximum atomic E-state index is 14.7. The topological polar surface area (TPSA) is 87.2 Å². The zero-order chi connectivity index (χ0) is 25.1. The fourth-order valence-electron chi connectivity index (χ4n) is 3.29. The molecule has 0 saturated heterocycles. The molecule has 0 atom stereocenters. The highest BCUT2D eigenvalue weighted by Gasteiger charge is 2.20. The van der Waals surface area contributed by atoms with E-state index in [1.165, 1.54) is 12.1 Å². The summed E-state index contributed by atoms with van der Waals surface area (Å²) < 4.78 is 42.6. The minimum Gasteiger partial charge on any atom is -0.379 e. The zero-order valence-corrected chi connectivity index (χ0v) is 21.3. The van der Waals surface area contributed by atoms with E-state index in [2.05, 4.69) is 45.7 Å². The smallest absolute Gasteiger partial charge is 0.280 e. The second-order valence-corrected chi connectivity index (χ2v) is 10.9. The number of aromatic nitrogens is 2. The Labute approximate surface area is 201 Å². The number of benzene rings is 1. The predicted molar refractivity (Wildman–Crippen MR) is 134 cm³/mol. The third-order valence-corrected chi connectivity index (χ3v) is 6.94. The van der Waals surface area contributed by atoms with E-state index >= 15 is 0 Å². The Morgan fingerprint density at radius 2 is 1.71 bits per heavy atom. The molecular weight excluding hydrogens is 453 g/mol. The van der Waals surface area contributed by atoms with Gasteiger partial charge in [-0.25, -0.2) is 14.4 Å². The number of aryl methyl sites for hydroxylation is 2. The van der Waals surface area contributed by atoms with E-state index in [1.54, 1.807) is 44.2 Å². The van der Waals surface area contributed by atoms with E-state index < -0.39 is 10.0 Å². The zero-order valence-electron chi connectivity index (χ0n) is 20.5. The predicted octanol–water partition coefficient (Wildman–Crippen LogP) is 4.88. The van der Waals surface area contributed by atoms with Gasteiger partial charge < -0.3 is 5.32 Å². The monoisotopic (exact) mass is 485 g/mol. The molecular formula is C25H32FN5O2S.